The van der Waals surface area contributed by atoms with E-state index in [1.807, 2.05) is 54.6 Å². The van der Waals surface area contributed by atoms with Gasteiger partial charge in [-0.2, -0.15) is 0 Å². The van der Waals surface area contributed by atoms with Crippen LogP contribution >= 0.6 is 11.8 Å². The summed E-state index contributed by atoms with van der Waals surface area (Å²) in [5.74, 6) is 0.366. The second-order valence-electron chi connectivity index (χ2n) is 7.99. The molecule has 1 amide bonds. The minimum absolute atomic E-state index is 0.0927. The molecule has 1 aliphatic heterocycles. The predicted molar refractivity (Wildman–Crippen MR) is 131 cm³/mol. The Hall–Kier alpha value is -2.89. The molecule has 2 N–H and O–H groups in total. The molecule has 4 nitrogen and oxygen atoms in total. The summed E-state index contributed by atoms with van der Waals surface area (Å²) in [6.07, 6.45) is 2.65. The Morgan fingerprint density at radius 2 is 1.44 bits per heavy atom. The van der Waals surface area contributed by atoms with Gasteiger partial charge in [-0.3, -0.25) is 4.79 Å². The minimum atomic E-state index is -0.564. The molecule has 3 aromatic rings. The van der Waals surface area contributed by atoms with Gasteiger partial charge in [-0.1, -0.05) is 91.0 Å². The van der Waals surface area contributed by atoms with Gasteiger partial charge in [0, 0.05) is 5.75 Å². The van der Waals surface area contributed by atoms with Crippen molar-refractivity contribution in [3.63, 3.8) is 0 Å². The molecule has 164 valence electrons. The highest BCUT2D eigenvalue weighted by molar-refractivity contribution is 8.00. The molecule has 1 heterocycles. The van der Waals surface area contributed by atoms with Crippen molar-refractivity contribution in [2.45, 2.75) is 29.7 Å². The van der Waals surface area contributed by atoms with Crippen molar-refractivity contribution in [3.05, 3.63) is 108 Å². The fourth-order valence-corrected chi connectivity index (χ4v) is 5.79. The molecule has 3 aromatic carbocycles. The van der Waals surface area contributed by atoms with Crippen LogP contribution in [0.3, 0.4) is 0 Å². The quantitative estimate of drug-likeness (QED) is 0.385. The molecule has 0 aromatic heterocycles. The van der Waals surface area contributed by atoms with Gasteiger partial charge in [-0.15, -0.1) is 11.8 Å². The zero-order chi connectivity index (χ0) is 22.2. The van der Waals surface area contributed by atoms with Crippen LogP contribution in [0.2, 0.25) is 0 Å². The summed E-state index contributed by atoms with van der Waals surface area (Å²) in [7, 11) is 0. The van der Waals surface area contributed by atoms with Crippen LogP contribution in [-0.2, 0) is 14.3 Å². The van der Waals surface area contributed by atoms with Crippen molar-refractivity contribution < 1.29 is 9.59 Å². The van der Waals surface area contributed by atoms with E-state index in [2.05, 4.69) is 47.0 Å². The highest BCUT2D eigenvalue weighted by Crippen LogP contribution is 2.48. The number of thioether (sulfide) groups is 1. The first kappa shape index (κ1) is 22.3. The Kier molecular flexibility index (Phi) is 7.40. The van der Waals surface area contributed by atoms with Gasteiger partial charge in [-0.05, 0) is 36.1 Å². The zero-order valence-electron chi connectivity index (χ0n) is 17.9. The third-order valence-electron chi connectivity index (χ3n) is 5.89. The maximum Gasteiger partial charge on any atom is 0.237 e. The first-order chi connectivity index (χ1) is 15.7. The second kappa shape index (κ2) is 10.6. The lowest BCUT2D eigenvalue weighted by atomic mass is 9.84. The Bertz CT molecular complexity index is 909. The highest BCUT2D eigenvalue weighted by Gasteiger charge is 2.37. The monoisotopic (exact) mass is 444 g/mol. The average Bonchev–Trinajstić information content (AvgIpc) is 3.41. The first-order valence-electron chi connectivity index (χ1n) is 11.0. The molecule has 0 radical (unpaired) electrons. The Morgan fingerprint density at radius 1 is 0.938 bits per heavy atom. The van der Waals surface area contributed by atoms with Crippen LogP contribution in [0.4, 0.5) is 0 Å². The topological polar surface area (TPSA) is 58.2 Å². The SMILES string of the molecule is O=CC(CSC(c1ccccc1)(c1ccccc1)c1ccccc1)NC(=O)C1CCCN1. The van der Waals surface area contributed by atoms with E-state index in [1.165, 1.54) is 0 Å². The van der Waals surface area contributed by atoms with Crippen molar-refractivity contribution in [2.24, 2.45) is 0 Å². The summed E-state index contributed by atoms with van der Waals surface area (Å²) in [6.45, 7) is 0.845. The lowest BCUT2D eigenvalue weighted by Crippen LogP contribution is -2.47. The van der Waals surface area contributed by atoms with Gasteiger partial charge in [0.05, 0.1) is 16.8 Å². The smallest absolute Gasteiger partial charge is 0.237 e. The van der Waals surface area contributed by atoms with Crippen LogP contribution in [0.5, 0.6) is 0 Å². The molecule has 1 aliphatic rings. The van der Waals surface area contributed by atoms with E-state index in [9.17, 15) is 9.59 Å². The first-order valence-corrected chi connectivity index (χ1v) is 12.0. The molecule has 5 heteroatoms. The minimum Gasteiger partial charge on any atom is -0.344 e. The van der Waals surface area contributed by atoms with Crippen LogP contribution in [0.15, 0.2) is 91.0 Å². The summed E-state index contributed by atoms with van der Waals surface area (Å²) in [4.78, 5) is 24.5. The number of carbonyl (C=O) groups excluding carboxylic acids is 2. The van der Waals surface area contributed by atoms with Crippen LogP contribution < -0.4 is 10.6 Å². The molecule has 0 saturated carbocycles. The fraction of sp³-hybridized carbons (Fsp3) is 0.259. The molecule has 2 unspecified atom stereocenters. The van der Waals surface area contributed by atoms with Gasteiger partial charge >= 0.3 is 0 Å². The summed E-state index contributed by atoms with van der Waals surface area (Å²) >= 11 is 1.68. The maximum atomic E-state index is 12.6. The molecule has 0 aliphatic carbocycles. The van der Waals surface area contributed by atoms with Crippen molar-refractivity contribution in [2.75, 3.05) is 12.3 Å². The van der Waals surface area contributed by atoms with Gasteiger partial charge in [0.2, 0.25) is 5.91 Å². The molecule has 2 atom stereocenters. The van der Waals surface area contributed by atoms with Crippen molar-refractivity contribution in [1.82, 2.24) is 10.6 Å². The molecular formula is C27H28N2O2S. The van der Waals surface area contributed by atoms with E-state index in [4.69, 9.17) is 0 Å². The molecule has 1 fully saturated rings. The molecule has 0 bridgehead atoms. The molecule has 32 heavy (non-hydrogen) atoms. The van der Waals surface area contributed by atoms with E-state index in [-0.39, 0.29) is 11.9 Å². The second-order valence-corrected chi connectivity index (χ2v) is 9.22. The normalized spacial score (nSPS) is 16.9. The van der Waals surface area contributed by atoms with Gasteiger partial charge in [0.15, 0.2) is 0 Å². The van der Waals surface area contributed by atoms with E-state index >= 15 is 0 Å². The Labute approximate surface area is 193 Å². The van der Waals surface area contributed by atoms with Crippen LogP contribution in [-0.4, -0.2) is 36.6 Å². The third kappa shape index (κ3) is 4.79. The summed E-state index contributed by atoms with van der Waals surface area (Å²) in [6, 6.07) is 30.3. The lowest BCUT2D eigenvalue weighted by molar-refractivity contribution is -0.125. The number of benzene rings is 3. The molecule has 0 spiro atoms. The molecule has 4 rings (SSSR count). The zero-order valence-corrected chi connectivity index (χ0v) is 18.8. The number of rotatable bonds is 9. The van der Waals surface area contributed by atoms with Crippen molar-refractivity contribution in [3.8, 4) is 0 Å². The van der Waals surface area contributed by atoms with Gasteiger partial charge in [0.1, 0.15) is 6.29 Å². The van der Waals surface area contributed by atoms with Gasteiger partial charge in [0.25, 0.3) is 0 Å². The predicted octanol–water partition coefficient (Wildman–Crippen LogP) is 4.15. The van der Waals surface area contributed by atoms with Crippen molar-refractivity contribution in [1.29, 1.82) is 0 Å². The van der Waals surface area contributed by atoms with Crippen molar-refractivity contribution >= 4 is 24.0 Å². The highest BCUT2D eigenvalue weighted by atomic mass is 32.2. The third-order valence-corrected chi connectivity index (χ3v) is 7.55. The maximum absolute atomic E-state index is 12.6. The summed E-state index contributed by atoms with van der Waals surface area (Å²) in [5.41, 5.74) is 3.41. The fourth-order valence-electron chi connectivity index (χ4n) is 4.29. The largest absolute Gasteiger partial charge is 0.344 e. The summed E-state index contributed by atoms with van der Waals surface area (Å²) < 4.78 is -0.513. The number of hydrogen-bond acceptors (Lipinski definition) is 4. The number of nitrogens with one attached hydrogen (secondary N) is 2. The average molecular weight is 445 g/mol. The van der Waals surface area contributed by atoms with Gasteiger partial charge in [-0.25, -0.2) is 0 Å². The Balaban J connectivity index is 1.69. The number of carbonyl (C=O) groups is 2. The lowest BCUT2D eigenvalue weighted by Gasteiger charge is -2.36. The summed E-state index contributed by atoms with van der Waals surface area (Å²) in [5, 5.41) is 6.15. The number of amides is 1. The molecule has 1 saturated heterocycles. The van der Waals surface area contributed by atoms with Gasteiger partial charge < -0.3 is 15.4 Å². The van der Waals surface area contributed by atoms with Crippen LogP contribution in [0, 0.1) is 0 Å². The van der Waals surface area contributed by atoms with Crippen LogP contribution in [0.1, 0.15) is 29.5 Å². The molecular weight excluding hydrogens is 416 g/mol. The number of hydrogen-bond donors (Lipinski definition) is 2. The Morgan fingerprint density at radius 3 is 1.84 bits per heavy atom. The van der Waals surface area contributed by atoms with E-state index < -0.39 is 10.8 Å². The van der Waals surface area contributed by atoms with E-state index in [0.29, 0.717) is 5.75 Å². The van der Waals surface area contributed by atoms with Crippen LogP contribution in [0.25, 0.3) is 0 Å². The van der Waals surface area contributed by atoms with E-state index in [1.54, 1.807) is 11.8 Å². The standard InChI is InChI=1S/C27H28N2O2S/c30-19-24(29-26(31)25-17-10-18-28-25)20-32-27(21-11-4-1-5-12-21,22-13-6-2-7-14-22)23-15-8-3-9-16-23/h1-9,11-16,19,24-25,28H,10,17-18,20H2,(H,29,31). The number of aldehydes is 1. The van der Waals surface area contributed by atoms with E-state index in [0.717, 1.165) is 42.4 Å².